The minimum Gasteiger partial charge on any atom is -0.452 e. The van der Waals surface area contributed by atoms with Crippen molar-refractivity contribution >= 4 is 35.2 Å². The molecule has 1 N–H and O–H groups in total. The van der Waals surface area contributed by atoms with Crippen LogP contribution in [0.15, 0.2) is 48.5 Å². The first kappa shape index (κ1) is 20.5. The molecule has 0 aliphatic rings. The zero-order valence-corrected chi connectivity index (χ0v) is 14.9. The Bertz CT molecular complexity index is 879. The van der Waals surface area contributed by atoms with E-state index >= 15 is 0 Å². The normalized spacial score (nSPS) is 11.4. The second kappa shape index (κ2) is 8.73. The minimum absolute atomic E-state index is 0.407. The van der Waals surface area contributed by atoms with E-state index in [0.717, 1.165) is 23.8 Å². The van der Waals surface area contributed by atoms with E-state index in [1.807, 2.05) is 6.92 Å². The molecule has 0 bridgehead atoms. The second-order valence-electron chi connectivity index (χ2n) is 5.54. The fraction of sp³-hybridized carbons (Fsp3) is 0.158. The van der Waals surface area contributed by atoms with E-state index in [2.05, 4.69) is 5.32 Å². The molecule has 0 spiro atoms. The largest absolute Gasteiger partial charge is 0.452 e. The fourth-order valence-corrected chi connectivity index (χ4v) is 2.28. The van der Waals surface area contributed by atoms with Gasteiger partial charge in [-0.3, -0.25) is 4.79 Å². The molecule has 0 aromatic heterocycles. The molecule has 0 heterocycles. The average Bonchev–Trinajstić information content (AvgIpc) is 2.60. The molecule has 4 nitrogen and oxygen atoms in total. The van der Waals surface area contributed by atoms with Crippen molar-refractivity contribution in [2.45, 2.75) is 13.1 Å². The second-order valence-corrected chi connectivity index (χ2v) is 5.95. The number of carbonyl (C=O) groups excluding carboxylic acids is 2. The number of benzene rings is 2. The maximum atomic E-state index is 12.9. The van der Waals surface area contributed by atoms with Crippen molar-refractivity contribution in [1.29, 1.82) is 0 Å². The van der Waals surface area contributed by atoms with Gasteiger partial charge in [0.25, 0.3) is 5.91 Å². The quantitative estimate of drug-likeness (QED) is 0.579. The molecule has 142 valence electrons. The summed E-state index contributed by atoms with van der Waals surface area (Å²) in [5.41, 5.74) is 0.148. The number of amides is 1. The third-order valence-electron chi connectivity index (χ3n) is 3.46. The first-order valence-electron chi connectivity index (χ1n) is 7.74. The molecular weight excluding hydrogens is 383 g/mol. The van der Waals surface area contributed by atoms with Crippen molar-refractivity contribution < 1.29 is 27.5 Å². The van der Waals surface area contributed by atoms with Crippen molar-refractivity contribution in [3.63, 3.8) is 0 Å². The average molecular weight is 398 g/mol. The Morgan fingerprint density at radius 2 is 1.89 bits per heavy atom. The van der Waals surface area contributed by atoms with E-state index in [1.54, 1.807) is 18.2 Å². The Hall–Kier alpha value is -2.80. The lowest BCUT2D eigenvalue weighted by Crippen LogP contribution is -2.22. The molecule has 0 aliphatic heterocycles. The van der Waals surface area contributed by atoms with Crippen molar-refractivity contribution in [2.75, 3.05) is 11.9 Å². The van der Waals surface area contributed by atoms with Gasteiger partial charge in [0.05, 0.1) is 11.3 Å². The first-order chi connectivity index (χ1) is 12.7. The van der Waals surface area contributed by atoms with Crippen LogP contribution in [-0.2, 0) is 20.5 Å². The van der Waals surface area contributed by atoms with Gasteiger partial charge in [-0.1, -0.05) is 35.9 Å². The zero-order chi connectivity index (χ0) is 20.0. The van der Waals surface area contributed by atoms with Gasteiger partial charge in [-0.05, 0) is 42.3 Å². The lowest BCUT2D eigenvalue weighted by Gasteiger charge is -2.13. The zero-order valence-electron chi connectivity index (χ0n) is 14.1. The molecule has 0 saturated heterocycles. The molecule has 0 radical (unpaired) electrons. The van der Waals surface area contributed by atoms with Gasteiger partial charge in [-0.25, -0.2) is 4.79 Å². The van der Waals surface area contributed by atoms with Crippen molar-refractivity contribution in [3.05, 3.63) is 70.3 Å². The molecule has 27 heavy (non-hydrogen) atoms. The first-order valence-corrected chi connectivity index (χ1v) is 8.11. The van der Waals surface area contributed by atoms with E-state index in [1.165, 1.54) is 18.2 Å². The van der Waals surface area contributed by atoms with Crippen LogP contribution in [0.3, 0.4) is 0 Å². The summed E-state index contributed by atoms with van der Waals surface area (Å²) in [6, 6.07) is 9.69. The molecule has 2 aromatic carbocycles. The molecule has 0 aliphatic carbocycles. The maximum Gasteiger partial charge on any atom is 0.418 e. The van der Waals surface area contributed by atoms with Gasteiger partial charge in [0, 0.05) is 11.1 Å². The molecule has 0 unspecified atom stereocenters. The predicted octanol–water partition coefficient (Wildman–Crippen LogP) is 4.86. The number of hydrogen-bond donors (Lipinski definition) is 1. The predicted molar refractivity (Wildman–Crippen MR) is 96.3 cm³/mol. The van der Waals surface area contributed by atoms with Gasteiger partial charge in [0.1, 0.15) is 0 Å². The molecule has 0 fully saturated rings. The van der Waals surface area contributed by atoms with Gasteiger partial charge < -0.3 is 10.1 Å². The van der Waals surface area contributed by atoms with Crippen LogP contribution < -0.4 is 5.32 Å². The van der Waals surface area contributed by atoms with Crippen LogP contribution in [0.1, 0.15) is 16.7 Å². The number of alkyl halides is 3. The van der Waals surface area contributed by atoms with Crippen LogP contribution in [0.4, 0.5) is 18.9 Å². The fourth-order valence-electron chi connectivity index (χ4n) is 2.09. The van der Waals surface area contributed by atoms with Crippen LogP contribution in [0.2, 0.25) is 5.02 Å². The Morgan fingerprint density at radius 1 is 1.19 bits per heavy atom. The molecule has 2 rings (SSSR count). The Kier molecular flexibility index (Phi) is 6.63. The number of rotatable bonds is 5. The molecule has 2 aromatic rings. The number of halogens is 4. The van der Waals surface area contributed by atoms with E-state index in [9.17, 15) is 22.8 Å². The molecular formula is C19H15ClF3NO3. The van der Waals surface area contributed by atoms with Gasteiger partial charge in [0.2, 0.25) is 0 Å². The van der Waals surface area contributed by atoms with Gasteiger partial charge in [-0.15, -0.1) is 0 Å². The van der Waals surface area contributed by atoms with Gasteiger partial charge >= 0.3 is 12.1 Å². The number of esters is 1. The number of para-hydroxylation sites is 1. The summed E-state index contributed by atoms with van der Waals surface area (Å²) in [5.74, 6) is -1.70. The summed E-state index contributed by atoms with van der Waals surface area (Å²) >= 11 is 5.97. The Morgan fingerprint density at radius 3 is 2.56 bits per heavy atom. The molecule has 8 heteroatoms. The van der Waals surface area contributed by atoms with Crippen molar-refractivity contribution in [1.82, 2.24) is 0 Å². The summed E-state index contributed by atoms with van der Waals surface area (Å²) in [7, 11) is 0. The number of nitrogens with one attached hydrogen (secondary N) is 1. The lowest BCUT2D eigenvalue weighted by molar-refractivity contribution is -0.142. The van der Waals surface area contributed by atoms with E-state index in [0.29, 0.717) is 10.6 Å². The Labute approximate surface area is 158 Å². The third kappa shape index (κ3) is 6.14. The number of aryl methyl sites for hydroxylation is 1. The lowest BCUT2D eigenvalue weighted by atomic mass is 10.1. The minimum atomic E-state index is -4.61. The standard InChI is InChI=1S/C19H15ClF3NO3/c1-12-6-7-13(10-15(12)20)8-9-18(26)27-11-17(25)24-16-5-3-2-4-14(16)19(21,22)23/h2-10H,11H2,1H3,(H,24,25)/b9-8+. The van der Waals surface area contributed by atoms with Gasteiger partial charge in [-0.2, -0.15) is 13.2 Å². The SMILES string of the molecule is Cc1ccc(/C=C/C(=O)OCC(=O)Nc2ccccc2C(F)(F)F)cc1Cl. The summed E-state index contributed by atoms with van der Waals surface area (Å²) in [6.45, 7) is 1.11. The summed E-state index contributed by atoms with van der Waals surface area (Å²) < 4.78 is 43.3. The summed E-state index contributed by atoms with van der Waals surface area (Å²) in [6.07, 6.45) is -2.07. The number of ether oxygens (including phenoxy) is 1. The van der Waals surface area contributed by atoms with Crippen LogP contribution in [0, 0.1) is 6.92 Å². The smallest absolute Gasteiger partial charge is 0.418 e. The number of carbonyl (C=O) groups is 2. The molecule has 0 saturated carbocycles. The third-order valence-corrected chi connectivity index (χ3v) is 3.87. The highest BCUT2D eigenvalue weighted by molar-refractivity contribution is 6.31. The number of hydrogen-bond acceptors (Lipinski definition) is 3. The van der Waals surface area contributed by atoms with Crippen LogP contribution in [0.25, 0.3) is 6.08 Å². The van der Waals surface area contributed by atoms with Crippen LogP contribution in [0.5, 0.6) is 0 Å². The van der Waals surface area contributed by atoms with E-state index in [-0.39, 0.29) is 0 Å². The number of anilines is 1. The van der Waals surface area contributed by atoms with Crippen LogP contribution in [-0.4, -0.2) is 18.5 Å². The maximum absolute atomic E-state index is 12.9. The van der Waals surface area contributed by atoms with Crippen molar-refractivity contribution in [2.24, 2.45) is 0 Å². The summed E-state index contributed by atoms with van der Waals surface area (Å²) in [4.78, 5) is 23.4. The highest BCUT2D eigenvalue weighted by Crippen LogP contribution is 2.34. The van der Waals surface area contributed by atoms with Gasteiger partial charge in [0.15, 0.2) is 6.61 Å². The van der Waals surface area contributed by atoms with E-state index < -0.39 is 35.9 Å². The van der Waals surface area contributed by atoms with E-state index in [4.69, 9.17) is 16.3 Å². The molecule has 0 atom stereocenters. The highest BCUT2D eigenvalue weighted by atomic mass is 35.5. The monoisotopic (exact) mass is 397 g/mol. The summed E-state index contributed by atoms with van der Waals surface area (Å²) in [5, 5.41) is 2.62. The van der Waals surface area contributed by atoms with Crippen molar-refractivity contribution in [3.8, 4) is 0 Å². The van der Waals surface area contributed by atoms with Crippen LogP contribution >= 0.6 is 11.6 Å². The molecule has 1 amide bonds. The Balaban J connectivity index is 1.91. The topological polar surface area (TPSA) is 55.4 Å². The highest BCUT2D eigenvalue weighted by Gasteiger charge is 2.33.